The zero-order valence-corrected chi connectivity index (χ0v) is 9.94. The topological polar surface area (TPSA) is 34.1 Å². The Kier molecular flexibility index (Phi) is 3.11. The molecule has 2 aromatic carbocycles. The Morgan fingerprint density at radius 3 is 2.29 bits per heavy atom. The van der Waals surface area contributed by atoms with Crippen molar-refractivity contribution >= 4 is 9.84 Å². The molecule has 2 nitrogen and oxygen atoms in total. The third kappa shape index (κ3) is 2.45. The second kappa shape index (κ2) is 4.55. The summed E-state index contributed by atoms with van der Waals surface area (Å²) < 4.78 is 23.0. The maximum absolute atomic E-state index is 11.5. The number of hydrogen-bond donors (Lipinski definition) is 0. The Hall–Kier alpha value is -1.87. The first kappa shape index (κ1) is 11.6. The molecule has 3 heteroatoms. The van der Waals surface area contributed by atoms with E-state index in [2.05, 4.69) is 12.6 Å². The number of hydrogen-bond acceptors (Lipinski definition) is 2. The van der Waals surface area contributed by atoms with Crippen molar-refractivity contribution in [3.63, 3.8) is 0 Å². The lowest BCUT2D eigenvalue weighted by Crippen LogP contribution is -1.94. The van der Waals surface area contributed by atoms with Crippen LogP contribution in [0.4, 0.5) is 0 Å². The molecule has 2 rings (SSSR count). The Balaban J connectivity index is 2.41. The molecular formula is C14H11O2S. The fourth-order valence-electron chi connectivity index (χ4n) is 1.49. The van der Waals surface area contributed by atoms with Crippen molar-refractivity contribution in [1.82, 2.24) is 0 Å². The summed E-state index contributed by atoms with van der Waals surface area (Å²) in [6.07, 6.45) is 0. The minimum Gasteiger partial charge on any atom is -0.219 e. The number of sulfone groups is 1. The van der Waals surface area contributed by atoms with Crippen LogP contribution in [0, 0.1) is 6.07 Å². The van der Waals surface area contributed by atoms with Crippen LogP contribution in [-0.4, -0.2) is 8.42 Å². The van der Waals surface area contributed by atoms with Crippen LogP contribution in [0.15, 0.2) is 65.4 Å². The summed E-state index contributed by atoms with van der Waals surface area (Å²) >= 11 is 0. The molecular weight excluding hydrogens is 232 g/mol. The number of rotatable bonds is 3. The SMILES string of the molecule is C=CS(=O)(=O)c1ccc(-c2[c]cccc2)cc1. The van der Waals surface area contributed by atoms with Crippen LogP contribution in [0.1, 0.15) is 0 Å². The molecule has 85 valence electrons. The normalized spacial score (nSPS) is 11.1. The van der Waals surface area contributed by atoms with Gasteiger partial charge in [0, 0.05) is 5.41 Å². The Labute approximate surface area is 101 Å². The highest BCUT2D eigenvalue weighted by atomic mass is 32.2. The molecule has 0 unspecified atom stereocenters. The van der Waals surface area contributed by atoms with E-state index in [9.17, 15) is 8.42 Å². The van der Waals surface area contributed by atoms with E-state index < -0.39 is 9.84 Å². The predicted molar refractivity (Wildman–Crippen MR) is 68.1 cm³/mol. The van der Waals surface area contributed by atoms with Gasteiger partial charge in [0.1, 0.15) is 0 Å². The molecule has 0 bridgehead atoms. The predicted octanol–water partition coefficient (Wildman–Crippen LogP) is 3.07. The van der Waals surface area contributed by atoms with Gasteiger partial charge in [0.25, 0.3) is 0 Å². The highest BCUT2D eigenvalue weighted by Gasteiger charge is 2.08. The van der Waals surface area contributed by atoms with Crippen molar-refractivity contribution in [2.75, 3.05) is 0 Å². The van der Waals surface area contributed by atoms with Crippen LogP contribution in [0.5, 0.6) is 0 Å². The maximum Gasteiger partial charge on any atom is 0.199 e. The molecule has 17 heavy (non-hydrogen) atoms. The molecule has 0 N–H and O–H groups in total. The lowest BCUT2D eigenvalue weighted by Gasteiger charge is -2.02. The summed E-state index contributed by atoms with van der Waals surface area (Å²) in [5.74, 6) is 0. The molecule has 0 aromatic heterocycles. The van der Waals surface area contributed by atoms with E-state index in [0.29, 0.717) is 0 Å². The molecule has 0 amide bonds. The van der Waals surface area contributed by atoms with E-state index in [1.165, 1.54) is 0 Å². The molecule has 0 heterocycles. The van der Waals surface area contributed by atoms with Gasteiger partial charge in [-0.2, -0.15) is 0 Å². The molecule has 2 aromatic rings. The molecule has 0 saturated carbocycles. The van der Waals surface area contributed by atoms with Crippen LogP contribution in [0.2, 0.25) is 0 Å². The van der Waals surface area contributed by atoms with Crippen molar-refractivity contribution in [2.24, 2.45) is 0 Å². The summed E-state index contributed by atoms with van der Waals surface area (Å²) in [7, 11) is -3.34. The van der Waals surface area contributed by atoms with Crippen molar-refractivity contribution in [3.8, 4) is 11.1 Å². The van der Waals surface area contributed by atoms with Crippen molar-refractivity contribution in [2.45, 2.75) is 4.90 Å². The first-order valence-corrected chi connectivity index (χ1v) is 6.63. The van der Waals surface area contributed by atoms with Gasteiger partial charge in [0.2, 0.25) is 0 Å². The second-order valence-corrected chi connectivity index (χ2v) is 5.41. The average Bonchev–Trinajstić information content (AvgIpc) is 2.40. The Bertz CT molecular complexity index is 611. The molecule has 0 aliphatic carbocycles. The minimum absolute atomic E-state index is 0.257. The highest BCUT2D eigenvalue weighted by Crippen LogP contribution is 2.21. The van der Waals surface area contributed by atoms with Gasteiger partial charge in [-0.05, 0) is 29.3 Å². The number of benzene rings is 2. The lowest BCUT2D eigenvalue weighted by molar-refractivity contribution is 0.605. The molecule has 0 saturated heterocycles. The highest BCUT2D eigenvalue weighted by molar-refractivity contribution is 7.94. The molecule has 0 fully saturated rings. The molecule has 1 radical (unpaired) electrons. The zero-order chi connectivity index (χ0) is 12.3. The molecule has 0 aliphatic rings. The lowest BCUT2D eigenvalue weighted by atomic mass is 10.1. The molecule has 0 aliphatic heterocycles. The van der Waals surface area contributed by atoms with E-state index >= 15 is 0 Å². The zero-order valence-electron chi connectivity index (χ0n) is 9.13. The van der Waals surface area contributed by atoms with Crippen molar-refractivity contribution < 1.29 is 8.42 Å². The van der Waals surface area contributed by atoms with Gasteiger partial charge in [-0.15, -0.1) is 0 Å². The van der Waals surface area contributed by atoms with Gasteiger partial charge in [-0.1, -0.05) is 43.0 Å². The first-order chi connectivity index (χ1) is 8.13. The van der Waals surface area contributed by atoms with E-state index in [1.807, 2.05) is 24.3 Å². The smallest absolute Gasteiger partial charge is 0.199 e. The van der Waals surface area contributed by atoms with Crippen LogP contribution in [0.3, 0.4) is 0 Å². The van der Waals surface area contributed by atoms with Crippen LogP contribution >= 0.6 is 0 Å². The van der Waals surface area contributed by atoms with E-state index in [0.717, 1.165) is 16.5 Å². The van der Waals surface area contributed by atoms with E-state index in [1.54, 1.807) is 24.3 Å². The van der Waals surface area contributed by atoms with Gasteiger partial charge >= 0.3 is 0 Å². The minimum atomic E-state index is -3.34. The monoisotopic (exact) mass is 243 g/mol. The van der Waals surface area contributed by atoms with Gasteiger partial charge < -0.3 is 0 Å². The summed E-state index contributed by atoms with van der Waals surface area (Å²) in [5, 5.41) is 0.955. The van der Waals surface area contributed by atoms with Gasteiger partial charge in [-0.25, -0.2) is 8.42 Å². The largest absolute Gasteiger partial charge is 0.219 e. The second-order valence-electron chi connectivity index (χ2n) is 3.51. The molecule has 0 atom stereocenters. The van der Waals surface area contributed by atoms with E-state index in [4.69, 9.17) is 0 Å². The van der Waals surface area contributed by atoms with Crippen molar-refractivity contribution in [3.05, 3.63) is 66.6 Å². The fourth-order valence-corrected chi connectivity index (χ4v) is 2.20. The third-order valence-electron chi connectivity index (χ3n) is 2.42. The quantitative estimate of drug-likeness (QED) is 0.830. The summed E-state index contributed by atoms with van der Waals surface area (Å²) in [6.45, 7) is 3.30. The first-order valence-electron chi connectivity index (χ1n) is 5.08. The van der Waals surface area contributed by atoms with Crippen LogP contribution in [0.25, 0.3) is 11.1 Å². The average molecular weight is 243 g/mol. The van der Waals surface area contributed by atoms with Gasteiger partial charge in [0.15, 0.2) is 9.84 Å². The Morgan fingerprint density at radius 2 is 1.76 bits per heavy atom. The summed E-state index contributed by atoms with van der Waals surface area (Å²) in [5.41, 5.74) is 1.88. The van der Waals surface area contributed by atoms with E-state index in [-0.39, 0.29) is 4.90 Å². The third-order valence-corrected chi connectivity index (χ3v) is 3.79. The van der Waals surface area contributed by atoms with Gasteiger partial charge in [-0.3, -0.25) is 0 Å². The van der Waals surface area contributed by atoms with Crippen LogP contribution in [-0.2, 0) is 9.84 Å². The summed E-state index contributed by atoms with van der Waals surface area (Å²) in [6, 6.07) is 17.3. The van der Waals surface area contributed by atoms with Crippen molar-refractivity contribution in [1.29, 1.82) is 0 Å². The molecule has 0 spiro atoms. The maximum atomic E-state index is 11.5. The standard InChI is InChI=1S/C14H11O2S/c1-2-17(15,16)14-10-8-13(9-11-14)12-6-4-3-5-7-12/h2-6,8-11H,1H2. The fraction of sp³-hybridized carbons (Fsp3) is 0. The Morgan fingerprint density at radius 1 is 1.06 bits per heavy atom. The van der Waals surface area contributed by atoms with Gasteiger partial charge in [0.05, 0.1) is 4.90 Å². The summed E-state index contributed by atoms with van der Waals surface area (Å²) in [4.78, 5) is 0.257. The van der Waals surface area contributed by atoms with Crippen LogP contribution < -0.4 is 0 Å².